The van der Waals surface area contributed by atoms with Crippen LogP contribution in [0.3, 0.4) is 0 Å². The van der Waals surface area contributed by atoms with Crippen molar-refractivity contribution >= 4 is 11.3 Å². The van der Waals surface area contributed by atoms with Gasteiger partial charge in [-0.1, -0.05) is 31.7 Å². The topological polar surface area (TPSA) is 47.3 Å². The molecule has 1 aliphatic carbocycles. The van der Waals surface area contributed by atoms with Gasteiger partial charge in [0.05, 0.1) is 11.6 Å². The molecule has 1 atom stereocenters. The molecule has 1 aromatic heterocycles. The molecular formula is C14H24N2OS. The van der Waals surface area contributed by atoms with Crippen molar-refractivity contribution in [2.75, 3.05) is 6.61 Å². The van der Waals surface area contributed by atoms with Gasteiger partial charge in [-0.15, -0.1) is 11.3 Å². The first kappa shape index (κ1) is 14.0. The Balaban J connectivity index is 2.25. The Bertz CT molecular complexity index is 332. The molecule has 0 aromatic carbocycles. The second-order valence-corrected chi connectivity index (χ2v) is 6.01. The maximum atomic E-state index is 6.19. The highest BCUT2D eigenvalue weighted by Crippen LogP contribution is 2.41. The van der Waals surface area contributed by atoms with Crippen molar-refractivity contribution in [3.63, 3.8) is 0 Å². The van der Waals surface area contributed by atoms with Gasteiger partial charge in [0.25, 0.3) is 0 Å². The molecule has 0 amide bonds. The highest BCUT2D eigenvalue weighted by molar-refractivity contribution is 7.10. The second-order valence-electron chi connectivity index (χ2n) is 5.03. The van der Waals surface area contributed by atoms with Gasteiger partial charge in [-0.3, -0.25) is 5.84 Å². The lowest BCUT2D eigenvalue weighted by Gasteiger charge is -2.39. The number of hydrogen-bond acceptors (Lipinski definition) is 4. The van der Waals surface area contributed by atoms with Crippen LogP contribution in [0.25, 0.3) is 0 Å². The summed E-state index contributed by atoms with van der Waals surface area (Å²) in [6, 6.07) is 4.36. The van der Waals surface area contributed by atoms with E-state index >= 15 is 0 Å². The van der Waals surface area contributed by atoms with Crippen molar-refractivity contribution in [1.29, 1.82) is 0 Å². The van der Waals surface area contributed by atoms with Crippen LogP contribution >= 0.6 is 11.3 Å². The van der Waals surface area contributed by atoms with E-state index in [2.05, 4.69) is 29.9 Å². The van der Waals surface area contributed by atoms with Gasteiger partial charge < -0.3 is 4.74 Å². The predicted molar refractivity (Wildman–Crippen MR) is 76.4 cm³/mol. The van der Waals surface area contributed by atoms with Gasteiger partial charge in [0.1, 0.15) is 0 Å². The summed E-state index contributed by atoms with van der Waals surface area (Å²) in [5.74, 6) is 5.84. The number of nitrogens with one attached hydrogen (secondary N) is 1. The van der Waals surface area contributed by atoms with Gasteiger partial charge in [-0.25, -0.2) is 5.43 Å². The molecule has 102 valence electrons. The third-order valence-corrected chi connectivity index (χ3v) is 4.84. The zero-order chi connectivity index (χ0) is 12.8. The summed E-state index contributed by atoms with van der Waals surface area (Å²) in [4.78, 5) is 1.29. The van der Waals surface area contributed by atoms with Gasteiger partial charge >= 0.3 is 0 Å². The highest BCUT2D eigenvalue weighted by Gasteiger charge is 2.40. The fourth-order valence-electron chi connectivity index (χ4n) is 3.08. The van der Waals surface area contributed by atoms with Crippen molar-refractivity contribution < 1.29 is 4.74 Å². The van der Waals surface area contributed by atoms with Crippen molar-refractivity contribution in [3.8, 4) is 0 Å². The first-order chi connectivity index (χ1) is 8.82. The van der Waals surface area contributed by atoms with Crippen LogP contribution in [-0.2, 0) is 4.74 Å². The minimum Gasteiger partial charge on any atom is -0.373 e. The second kappa shape index (κ2) is 6.66. The summed E-state index contributed by atoms with van der Waals surface area (Å²) in [5, 5.41) is 2.11. The Morgan fingerprint density at radius 3 is 2.61 bits per heavy atom. The van der Waals surface area contributed by atoms with E-state index in [-0.39, 0.29) is 11.6 Å². The first-order valence-electron chi connectivity index (χ1n) is 6.96. The van der Waals surface area contributed by atoms with Crippen molar-refractivity contribution in [1.82, 2.24) is 5.43 Å². The zero-order valence-electron chi connectivity index (χ0n) is 11.2. The van der Waals surface area contributed by atoms with Gasteiger partial charge in [0, 0.05) is 11.5 Å². The Morgan fingerprint density at radius 1 is 1.39 bits per heavy atom. The van der Waals surface area contributed by atoms with E-state index in [4.69, 9.17) is 10.6 Å². The molecule has 1 heterocycles. The van der Waals surface area contributed by atoms with E-state index in [9.17, 15) is 0 Å². The van der Waals surface area contributed by atoms with Crippen LogP contribution in [0.15, 0.2) is 17.5 Å². The molecule has 1 aromatic rings. The van der Waals surface area contributed by atoms with E-state index < -0.39 is 0 Å². The van der Waals surface area contributed by atoms with Crippen LogP contribution < -0.4 is 11.3 Å². The Kier molecular flexibility index (Phi) is 5.18. The van der Waals surface area contributed by atoms with E-state index in [1.54, 1.807) is 11.3 Å². The number of nitrogens with two attached hydrogens (primary N) is 1. The summed E-state index contributed by atoms with van der Waals surface area (Å²) >= 11 is 1.76. The van der Waals surface area contributed by atoms with Crippen LogP contribution in [-0.4, -0.2) is 12.2 Å². The zero-order valence-corrected chi connectivity index (χ0v) is 12.0. The molecule has 1 saturated carbocycles. The quantitative estimate of drug-likeness (QED) is 0.489. The minimum atomic E-state index is -0.120. The lowest BCUT2D eigenvalue weighted by molar-refractivity contribution is -0.0775. The van der Waals surface area contributed by atoms with Crippen molar-refractivity contribution in [2.45, 2.75) is 57.1 Å². The molecule has 18 heavy (non-hydrogen) atoms. The van der Waals surface area contributed by atoms with E-state index in [0.29, 0.717) is 0 Å². The number of hydrogen-bond donors (Lipinski definition) is 2. The van der Waals surface area contributed by atoms with Crippen LogP contribution in [0.4, 0.5) is 0 Å². The Labute approximate surface area is 114 Å². The maximum Gasteiger partial charge on any atom is 0.0897 e. The minimum absolute atomic E-state index is 0.120. The van der Waals surface area contributed by atoms with Crippen LogP contribution in [0.1, 0.15) is 56.4 Å². The Hall–Kier alpha value is -0.420. The van der Waals surface area contributed by atoms with Crippen LogP contribution in [0.5, 0.6) is 0 Å². The van der Waals surface area contributed by atoms with Crippen LogP contribution in [0.2, 0.25) is 0 Å². The van der Waals surface area contributed by atoms with Crippen molar-refractivity contribution in [3.05, 3.63) is 22.4 Å². The third kappa shape index (κ3) is 2.94. The molecule has 0 spiro atoms. The normalized spacial score (nSPS) is 21.4. The molecular weight excluding hydrogens is 244 g/mol. The first-order valence-corrected chi connectivity index (χ1v) is 7.84. The fourth-order valence-corrected chi connectivity index (χ4v) is 3.97. The average molecular weight is 268 g/mol. The summed E-state index contributed by atoms with van der Waals surface area (Å²) < 4.78 is 6.19. The fraction of sp³-hybridized carbons (Fsp3) is 0.714. The number of thiophene rings is 1. The molecule has 2 rings (SSSR count). The Morgan fingerprint density at radius 2 is 2.11 bits per heavy atom. The molecule has 4 heteroatoms. The van der Waals surface area contributed by atoms with Gasteiger partial charge in [-0.05, 0) is 31.2 Å². The molecule has 0 aliphatic heterocycles. The van der Waals surface area contributed by atoms with E-state index in [1.807, 2.05) is 0 Å². The lowest BCUT2D eigenvalue weighted by atomic mass is 9.85. The molecule has 0 saturated heterocycles. The standard InChI is InChI=1S/C14H24N2OS/c1-2-17-14(9-5-3-4-6-10-14)13(16-15)12-8-7-11-18-12/h7-8,11,13,16H,2-6,9-10,15H2,1H3. The lowest BCUT2D eigenvalue weighted by Crippen LogP contribution is -2.48. The van der Waals surface area contributed by atoms with Crippen LogP contribution in [0, 0.1) is 0 Å². The molecule has 3 nitrogen and oxygen atoms in total. The highest BCUT2D eigenvalue weighted by atomic mass is 32.1. The summed E-state index contributed by atoms with van der Waals surface area (Å²) in [7, 11) is 0. The monoisotopic (exact) mass is 268 g/mol. The number of hydrazine groups is 1. The molecule has 1 fully saturated rings. The molecule has 1 aliphatic rings. The van der Waals surface area contributed by atoms with E-state index in [0.717, 1.165) is 19.4 Å². The smallest absolute Gasteiger partial charge is 0.0897 e. The molecule has 0 bridgehead atoms. The predicted octanol–water partition coefficient (Wildman–Crippen LogP) is 3.38. The number of ether oxygens (including phenoxy) is 1. The summed E-state index contributed by atoms with van der Waals surface area (Å²) in [5.41, 5.74) is 2.89. The van der Waals surface area contributed by atoms with E-state index in [1.165, 1.54) is 30.6 Å². The van der Waals surface area contributed by atoms with Gasteiger partial charge in [0.15, 0.2) is 0 Å². The third-order valence-electron chi connectivity index (χ3n) is 3.90. The van der Waals surface area contributed by atoms with Gasteiger partial charge in [0.2, 0.25) is 0 Å². The maximum absolute atomic E-state index is 6.19. The summed E-state index contributed by atoms with van der Waals surface area (Å²) in [6.07, 6.45) is 7.32. The van der Waals surface area contributed by atoms with Crippen molar-refractivity contribution in [2.24, 2.45) is 5.84 Å². The van der Waals surface area contributed by atoms with Gasteiger partial charge in [-0.2, -0.15) is 0 Å². The molecule has 0 radical (unpaired) electrons. The molecule has 1 unspecified atom stereocenters. The number of rotatable bonds is 5. The SMILES string of the molecule is CCOC1(C(NN)c2cccs2)CCCCCC1. The summed E-state index contributed by atoms with van der Waals surface area (Å²) in [6.45, 7) is 2.83. The molecule has 3 N–H and O–H groups in total. The largest absolute Gasteiger partial charge is 0.373 e. The average Bonchev–Trinajstić information content (AvgIpc) is 2.78.